The van der Waals surface area contributed by atoms with Crippen molar-refractivity contribution < 1.29 is 9.63 Å². The van der Waals surface area contributed by atoms with Gasteiger partial charge >= 0.3 is 0 Å². The molecule has 106 valence electrons. The van der Waals surface area contributed by atoms with Crippen molar-refractivity contribution in [2.75, 3.05) is 25.1 Å². The molecule has 0 unspecified atom stereocenters. The Kier molecular flexibility index (Phi) is 3.46. The van der Waals surface area contributed by atoms with Crippen molar-refractivity contribution in [2.24, 2.45) is 5.92 Å². The minimum Gasteiger partial charge on any atom is -0.355 e. The molecule has 8 heteroatoms. The molecule has 0 aromatic carbocycles. The van der Waals surface area contributed by atoms with Crippen LogP contribution in [-0.4, -0.2) is 45.9 Å². The smallest absolute Gasteiger partial charge is 0.246 e. The average molecular weight is 276 g/mol. The molecule has 1 N–H and O–H groups in total. The van der Waals surface area contributed by atoms with Crippen LogP contribution in [-0.2, 0) is 9.63 Å². The van der Waals surface area contributed by atoms with E-state index in [-0.39, 0.29) is 11.8 Å². The summed E-state index contributed by atoms with van der Waals surface area (Å²) in [6.45, 7) is 1.59. The van der Waals surface area contributed by atoms with Crippen molar-refractivity contribution >= 4 is 17.4 Å². The highest BCUT2D eigenvalue weighted by Crippen LogP contribution is 2.21. The lowest BCUT2D eigenvalue weighted by atomic mass is 9.96. The zero-order valence-electron chi connectivity index (χ0n) is 11.2. The van der Waals surface area contributed by atoms with Crippen molar-refractivity contribution in [3.05, 3.63) is 18.5 Å². The van der Waals surface area contributed by atoms with Crippen LogP contribution in [0.15, 0.2) is 18.5 Å². The predicted octanol–water partition coefficient (Wildman–Crippen LogP) is 0.0183. The molecule has 20 heavy (non-hydrogen) atoms. The Bertz CT molecular complexity index is 605. The van der Waals surface area contributed by atoms with Gasteiger partial charge in [0, 0.05) is 19.0 Å². The fourth-order valence-corrected chi connectivity index (χ4v) is 2.44. The van der Waals surface area contributed by atoms with E-state index in [1.54, 1.807) is 10.8 Å². The maximum absolute atomic E-state index is 11.7. The standard InChI is InChI=1S/C12H16N6O2/c1-20-16-12(19)9-4-6-17(7-5-9)11-3-2-10-14-13-8-18(10)15-11/h2-3,8-9H,4-7H2,1H3,(H,16,19). The Balaban J connectivity index is 1.66. The summed E-state index contributed by atoms with van der Waals surface area (Å²) in [6, 6.07) is 3.82. The molecule has 3 heterocycles. The van der Waals surface area contributed by atoms with E-state index < -0.39 is 0 Å². The zero-order chi connectivity index (χ0) is 13.9. The molecule has 2 aromatic rings. The van der Waals surface area contributed by atoms with E-state index in [0.29, 0.717) is 0 Å². The number of carbonyl (C=O) groups is 1. The van der Waals surface area contributed by atoms with Gasteiger partial charge in [0.1, 0.15) is 12.1 Å². The number of aromatic nitrogens is 4. The Labute approximate surface area is 115 Å². The molecule has 0 aliphatic carbocycles. The first-order chi connectivity index (χ1) is 9.78. The molecular formula is C12H16N6O2. The molecule has 1 amide bonds. The van der Waals surface area contributed by atoms with E-state index in [9.17, 15) is 4.79 Å². The van der Waals surface area contributed by atoms with Crippen molar-refractivity contribution in [1.82, 2.24) is 25.3 Å². The third-order valence-electron chi connectivity index (χ3n) is 3.54. The van der Waals surface area contributed by atoms with E-state index >= 15 is 0 Å². The molecule has 2 aromatic heterocycles. The Morgan fingerprint density at radius 3 is 2.95 bits per heavy atom. The van der Waals surface area contributed by atoms with Crippen LogP contribution in [0, 0.1) is 5.92 Å². The summed E-state index contributed by atoms with van der Waals surface area (Å²) in [6.07, 6.45) is 3.16. The topological polar surface area (TPSA) is 84.6 Å². The van der Waals surface area contributed by atoms with Gasteiger partial charge < -0.3 is 4.90 Å². The number of amides is 1. The first kappa shape index (κ1) is 12.8. The highest BCUT2D eigenvalue weighted by atomic mass is 16.6. The average Bonchev–Trinajstić information content (AvgIpc) is 2.95. The lowest BCUT2D eigenvalue weighted by Gasteiger charge is -2.31. The normalized spacial score (nSPS) is 16.6. The van der Waals surface area contributed by atoms with Gasteiger partial charge in [-0.3, -0.25) is 9.63 Å². The van der Waals surface area contributed by atoms with Crippen molar-refractivity contribution in [2.45, 2.75) is 12.8 Å². The maximum Gasteiger partial charge on any atom is 0.246 e. The van der Waals surface area contributed by atoms with E-state index in [1.807, 2.05) is 12.1 Å². The van der Waals surface area contributed by atoms with Gasteiger partial charge in [0.05, 0.1) is 7.11 Å². The summed E-state index contributed by atoms with van der Waals surface area (Å²) in [4.78, 5) is 18.5. The number of rotatable bonds is 3. The number of nitrogens with one attached hydrogen (secondary N) is 1. The number of carbonyl (C=O) groups excluding carboxylic acids is 1. The second-order valence-electron chi connectivity index (χ2n) is 4.76. The highest BCUT2D eigenvalue weighted by Gasteiger charge is 2.25. The molecule has 1 fully saturated rings. The maximum atomic E-state index is 11.7. The van der Waals surface area contributed by atoms with Gasteiger partial charge in [0.2, 0.25) is 5.91 Å². The summed E-state index contributed by atoms with van der Waals surface area (Å²) >= 11 is 0. The van der Waals surface area contributed by atoms with E-state index in [4.69, 9.17) is 0 Å². The Hall–Kier alpha value is -2.22. The molecule has 0 saturated carbocycles. The van der Waals surface area contributed by atoms with Crippen molar-refractivity contribution in [3.63, 3.8) is 0 Å². The summed E-state index contributed by atoms with van der Waals surface area (Å²) < 4.78 is 1.65. The number of anilines is 1. The van der Waals surface area contributed by atoms with Gasteiger partial charge in [-0.15, -0.1) is 15.3 Å². The van der Waals surface area contributed by atoms with Gasteiger partial charge in [0.25, 0.3) is 0 Å². The number of piperidine rings is 1. The van der Waals surface area contributed by atoms with Crippen LogP contribution in [0.5, 0.6) is 0 Å². The minimum absolute atomic E-state index is 0.00448. The minimum atomic E-state index is -0.0469. The SMILES string of the molecule is CONC(=O)C1CCN(c2ccc3nncn3n2)CC1. The quantitative estimate of drug-likeness (QED) is 0.795. The van der Waals surface area contributed by atoms with Gasteiger partial charge in [-0.1, -0.05) is 0 Å². The summed E-state index contributed by atoms with van der Waals surface area (Å²) in [5, 5.41) is 12.2. The van der Waals surface area contributed by atoms with Crippen LogP contribution >= 0.6 is 0 Å². The molecule has 0 bridgehead atoms. The van der Waals surface area contributed by atoms with Crippen LogP contribution in [0.1, 0.15) is 12.8 Å². The molecule has 0 spiro atoms. The second kappa shape index (κ2) is 5.41. The van der Waals surface area contributed by atoms with Crippen LogP contribution in [0.4, 0.5) is 5.82 Å². The fraction of sp³-hybridized carbons (Fsp3) is 0.500. The molecular weight excluding hydrogens is 260 g/mol. The molecule has 8 nitrogen and oxygen atoms in total. The predicted molar refractivity (Wildman–Crippen MR) is 70.9 cm³/mol. The summed E-state index contributed by atoms with van der Waals surface area (Å²) in [5.74, 6) is 0.835. The molecule has 1 aliphatic heterocycles. The first-order valence-corrected chi connectivity index (χ1v) is 6.53. The third kappa shape index (κ3) is 2.42. The molecule has 0 atom stereocenters. The summed E-state index contributed by atoms with van der Waals surface area (Å²) in [7, 11) is 1.45. The van der Waals surface area contributed by atoms with Gasteiger partial charge in [0.15, 0.2) is 5.65 Å². The lowest BCUT2D eigenvalue weighted by Crippen LogP contribution is -2.40. The van der Waals surface area contributed by atoms with E-state index in [0.717, 1.165) is 37.4 Å². The molecule has 1 aliphatic rings. The van der Waals surface area contributed by atoms with Crippen LogP contribution in [0.3, 0.4) is 0 Å². The number of hydroxylamine groups is 1. The largest absolute Gasteiger partial charge is 0.355 e. The Morgan fingerprint density at radius 1 is 1.40 bits per heavy atom. The monoisotopic (exact) mass is 276 g/mol. The number of hydrogen-bond acceptors (Lipinski definition) is 6. The molecule has 1 saturated heterocycles. The van der Waals surface area contributed by atoms with Crippen molar-refractivity contribution in [1.29, 1.82) is 0 Å². The van der Waals surface area contributed by atoms with Gasteiger partial charge in [-0.2, -0.15) is 4.52 Å². The zero-order valence-corrected chi connectivity index (χ0v) is 11.2. The van der Waals surface area contributed by atoms with E-state index in [2.05, 4.69) is 30.5 Å². The molecule has 3 rings (SSSR count). The molecule has 0 radical (unpaired) electrons. The van der Waals surface area contributed by atoms with Crippen LogP contribution in [0.2, 0.25) is 0 Å². The number of fused-ring (bicyclic) bond motifs is 1. The fourth-order valence-electron chi connectivity index (χ4n) is 2.44. The second-order valence-corrected chi connectivity index (χ2v) is 4.76. The number of hydrogen-bond donors (Lipinski definition) is 1. The third-order valence-corrected chi connectivity index (χ3v) is 3.54. The summed E-state index contributed by atoms with van der Waals surface area (Å²) in [5.41, 5.74) is 3.12. The van der Waals surface area contributed by atoms with Crippen LogP contribution < -0.4 is 10.4 Å². The Morgan fingerprint density at radius 2 is 2.20 bits per heavy atom. The first-order valence-electron chi connectivity index (χ1n) is 6.53. The van der Waals surface area contributed by atoms with Gasteiger partial charge in [-0.25, -0.2) is 5.48 Å². The van der Waals surface area contributed by atoms with Gasteiger partial charge in [-0.05, 0) is 25.0 Å². The van der Waals surface area contributed by atoms with E-state index in [1.165, 1.54) is 7.11 Å². The lowest BCUT2D eigenvalue weighted by molar-refractivity contribution is -0.136. The highest BCUT2D eigenvalue weighted by molar-refractivity contribution is 5.77. The van der Waals surface area contributed by atoms with Crippen molar-refractivity contribution in [3.8, 4) is 0 Å². The van der Waals surface area contributed by atoms with Crippen LogP contribution in [0.25, 0.3) is 5.65 Å². The number of nitrogens with zero attached hydrogens (tertiary/aromatic N) is 5.